The van der Waals surface area contributed by atoms with E-state index in [1.165, 1.54) is 0 Å². The van der Waals surface area contributed by atoms with E-state index < -0.39 is 0 Å². The van der Waals surface area contributed by atoms with Crippen molar-refractivity contribution in [3.8, 4) is 17.9 Å². The molecule has 0 saturated heterocycles. The minimum absolute atomic E-state index is 0.362. The number of hydrogen-bond donors (Lipinski definition) is 0. The average molecular weight is 241 g/mol. The predicted octanol–water partition coefficient (Wildman–Crippen LogP) is 2.37. The van der Waals surface area contributed by atoms with Crippen LogP contribution in [0.4, 0.5) is 0 Å². The van der Waals surface area contributed by atoms with Gasteiger partial charge in [-0.1, -0.05) is 11.6 Å². The molecule has 2 nitrogen and oxygen atoms in total. The first-order valence-electron chi connectivity index (χ1n) is 2.95. The van der Waals surface area contributed by atoms with Gasteiger partial charge < -0.3 is 0 Å². The number of nitrogens with zero attached hydrogens (tertiary/aromatic N) is 2. The molecule has 0 amide bonds. The van der Waals surface area contributed by atoms with Gasteiger partial charge in [0.15, 0.2) is 6.07 Å². The largest absolute Gasteiger partial charge is 0.243 e. The smallest absolute Gasteiger partial charge is 0.152 e. The van der Waals surface area contributed by atoms with Gasteiger partial charge in [0, 0.05) is 17.7 Å². The van der Waals surface area contributed by atoms with E-state index in [-0.39, 0.29) is 0 Å². The molecule has 58 valence electrons. The Bertz CT molecular complexity index is 398. The zero-order valence-corrected chi connectivity index (χ0v) is 8.15. The molecule has 0 bridgehead atoms. The van der Waals surface area contributed by atoms with Gasteiger partial charge in [-0.05, 0) is 27.9 Å². The maximum Gasteiger partial charge on any atom is 0.152 e. The number of halogens is 2. The summed E-state index contributed by atoms with van der Waals surface area (Å²) in [5.74, 6) is 4.89. The van der Waals surface area contributed by atoms with Crippen LogP contribution >= 0.6 is 27.5 Å². The standard InChI is InChI=1S/C8H2BrClN2/c9-7-5-12-8(10)4-6(7)2-1-3-11/h4-5H. The first-order valence-corrected chi connectivity index (χ1v) is 4.12. The second-order valence-electron chi connectivity index (χ2n) is 1.85. The van der Waals surface area contributed by atoms with Crippen LogP contribution in [0, 0.1) is 23.2 Å². The normalized spacial score (nSPS) is 8.08. The third kappa shape index (κ3) is 2.23. The zero-order valence-electron chi connectivity index (χ0n) is 5.81. The van der Waals surface area contributed by atoms with Gasteiger partial charge in [-0.15, -0.1) is 0 Å². The van der Waals surface area contributed by atoms with Gasteiger partial charge in [0.1, 0.15) is 5.15 Å². The monoisotopic (exact) mass is 240 g/mol. The lowest BCUT2D eigenvalue weighted by Crippen LogP contribution is -1.80. The summed E-state index contributed by atoms with van der Waals surface area (Å²) >= 11 is 8.84. The second kappa shape index (κ2) is 4.11. The van der Waals surface area contributed by atoms with Crippen molar-refractivity contribution in [1.82, 2.24) is 4.98 Å². The van der Waals surface area contributed by atoms with E-state index in [9.17, 15) is 0 Å². The Morgan fingerprint density at radius 1 is 1.58 bits per heavy atom. The van der Waals surface area contributed by atoms with Crippen LogP contribution < -0.4 is 0 Å². The number of aromatic nitrogens is 1. The van der Waals surface area contributed by atoms with Crippen molar-refractivity contribution >= 4 is 27.5 Å². The lowest BCUT2D eigenvalue weighted by Gasteiger charge is -1.94. The van der Waals surface area contributed by atoms with Crippen LogP contribution in [0.2, 0.25) is 5.15 Å². The maximum atomic E-state index is 8.20. The molecule has 1 rings (SSSR count). The number of rotatable bonds is 0. The molecule has 0 spiro atoms. The summed E-state index contributed by atoms with van der Waals surface area (Å²) in [5.41, 5.74) is 0.663. The third-order valence-corrected chi connectivity index (χ3v) is 1.91. The number of pyridine rings is 1. The summed E-state index contributed by atoms with van der Waals surface area (Å²) in [6.07, 6.45) is 1.55. The van der Waals surface area contributed by atoms with E-state index in [1.54, 1.807) is 18.3 Å². The van der Waals surface area contributed by atoms with Gasteiger partial charge in [0.25, 0.3) is 0 Å². The molecule has 0 aliphatic carbocycles. The van der Waals surface area contributed by atoms with Gasteiger partial charge in [0.2, 0.25) is 0 Å². The van der Waals surface area contributed by atoms with Crippen molar-refractivity contribution in [3.05, 3.63) is 27.5 Å². The Kier molecular flexibility index (Phi) is 3.10. The highest BCUT2D eigenvalue weighted by Gasteiger charge is 1.97. The number of hydrogen-bond acceptors (Lipinski definition) is 2. The minimum atomic E-state index is 0.362. The molecule has 1 aromatic heterocycles. The summed E-state index contributed by atoms with van der Waals surface area (Å²) in [5, 5.41) is 8.56. The Labute approximate surface area is 83.3 Å². The van der Waals surface area contributed by atoms with E-state index in [1.807, 2.05) is 0 Å². The van der Waals surface area contributed by atoms with E-state index >= 15 is 0 Å². The summed E-state index contributed by atoms with van der Waals surface area (Å²) in [4.78, 5) is 3.82. The molecule has 0 aromatic carbocycles. The SMILES string of the molecule is N#CC#Cc1cc(Cl)ncc1Br. The van der Waals surface area contributed by atoms with Crippen molar-refractivity contribution in [2.75, 3.05) is 0 Å². The van der Waals surface area contributed by atoms with E-state index in [0.29, 0.717) is 10.7 Å². The first-order chi connectivity index (χ1) is 5.74. The van der Waals surface area contributed by atoms with Crippen LogP contribution in [0.25, 0.3) is 0 Å². The minimum Gasteiger partial charge on any atom is -0.243 e. The fourth-order valence-corrected chi connectivity index (χ4v) is 1.08. The number of nitriles is 1. The molecule has 1 heterocycles. The summed E-state index contributed by atoms with van der Waals surface area (Å²) < 4.78 is 0.731. The van der Waals surface area contributed by atoms with Crippen molar-refractivity contribution in [1.29, 1.82) is 5.26 Å². The predicted molar refractivity (Wildman–Crippen MR) is 49.4 cm³/mol. The molecule has 12 heavy (non-hydrogen) atoms. The van der Waals surface area contributed by atoms with Crippen molar-refractivity contribution in [3.63, 3.8) is 0 Å². The highest BCUT2D eigenvalue weighted by Crippen LogP contribution is 2.17. The van der Waals surface area contributed by atoms with Gasteiger partial charge in [-0.25, -0.2) is 4.98 Å². The molecule has 0 radical (unpaired) electrons. The lowest BCUT2D eigenvalue weighted by molar-refractivity contribution is 1.30. The first kappa shape index (κ1) is 9.06. The molecule has 0 unspecified atom stereocenters. The molecule has 0 atom stereocenters. The highest BCUT2D eigenvalue weighted by molar-refractivity contribution is 9.10. The maximum absolute atomic E-state index is 8.20. The average Bonchev–Trinajstić information content (AvgIpc) is 2.07. The van der Waals surface area contributed by atoms with E-state index in [2.05, 4.69) is 32.8 Å². The molecule has 4 heteroatoms. The van der Waals surface area contributed by atoms with Crippen molar-refractivity contribution in [2.24, 2.45) is 0 Å². The van der Waals surface area contributed by atoms with E-state index in [4.69, 9.17) is 16.9 Å². The zero-order chi connectivity index (χ0) is 8.97. The molecule has 0 N–H and O–H groups in total. The van der Waals surface area contributed by atoms with Gasteiger partial charge in [0.05, 0.1) is 4.47 Å². The van der Waals surface area contributed by atoms with Gasteiger partial charge in [-0.3, -0.25) is 0 Å². The molecule has 0 saturated carbocycles. The molecular weight excluding hydrogens is 239 g/mol. The van der Waals surface area contributed by atoms with Crippen LogP contribution in [0.15, 0.2) is 16.7 Å². The molecule has 1 aromatic rings. The lowest BCUT2D eigenvalue weighted by atomic mass is 10.3. The summed E-state index contributed by atoms with van der Waals surface area (Å²) in [6, 6.07) is 3.31. The Hall–Kier alpha value is -1.03. The Balaban J connectivity index is 3.16. The van der Waals surface area contributed by atoms with E-state index in [0.717, 1.165) is 4.47 Å². The Morgan fingerprint density at radius 2 is 2.33 bits per heavy atom. The second-order valence-corrected chi connectivity index (χ2v) is 3.09. The van der Waals surface area contributed by atoms with Crippen LogP contribution in [-0.2, 0) is 0 Å². The van der Waals surface area contributed by atoms with Crippen LogP contribution in [0.1, 0.15) is 5.56 Å². The van der Waals surface area contributed by atoms with Crippen molar-refractivity contribution in [2.45, 2.75) is 0 Å². The topological polar surface area (TPSA) is 36.7 Å². The quantitative estimate of drug-likeness (QED) is 0.516. The fourth-order valence-electron chi connectivity index (χ4n) is 0.604. The highest BCUT2D eigenvalue weighted by atomic mass is 79.9. The molecule has 0 aliphatic heterocycles. The fraction of sp³-hybridized carbons (Fsp3) is 0. The third-order valence-electron chi connectivity index (χ3n) is 1.08. The van der Waals surface area contributed by atoms with Crippen LogP contribution in [0.3, 0.4) is 0 Å². The molecule has 0 fully saturated rings. The van der Waals surface area contributed by atoms with Crippen LogP contribution in [0.5, 0.6) is 0 Å². The van der Waals surface area contributed by atoms with Gasteiger partial charge >= 0.3 is 0 Å². The summed E-state index contributed by atoms with van der Waals surface area (Å²) in [7, 11) is 0. The summed E-state index contributed by atoms with van der Waals surface area (Å²) in [6.45, 7) is 0. The van der Waals surface area contributed by atoms with Crippen LogP contribution in [-0.4, -0.2) is 4.98 Å². The van der Waals surface area contributed by atoms with Gasteiger partial charge in [-0.2, -0.15) is 5.26 Å². The Morgan fingerprint density at radius 3 is 3.00 bits per heavy atom. The molecular formula is C8H2BrClN2. The van der Waals surface area contributed by atoms with Crippen molar-refractivity contribution < 1.29 is 0 Å². The molecule has 0 aliphatic rings.